The van der Waals surface area contributed by atoms with Gasteiger partial charge in [0.2, 0.25) is 0 Å². The molecule has 0 amide bonds. The van der Waals surface area contributed by atoms with Crippen molar-refractivity contribution in [2.45, 2.75) is 19.9 Å². The fraction of sp³-hybridized carbons (Fsp3) is 0.353. The molecule has 0 radical (unpaired) electrons. The van der Waals surface area contributed by atoms with Crippen molar-refractivity contribution in [1.82, 2.24) is 10.6 Å². The Labute approximate surface area is 159 Å². The van der Waals surface area contributed by atoms with Gasteiger partial charge in [0.25, 0.3) is 0 Å². The van der Waals surface area contributed by atoms with E-state index in [0.717, 1.165) is 31.2 Å². The first kappa shape index (κ1) is 19.8. The Morgan fingerprint density at radius 2 is 1.91 bits per heavy atom. The quantitative estimate of drug-likeness (QED) is 0.406. The predicted molar refractivity (Wildman–Crippen MR) is 109 cm³/mol. The SMILES string of the molecule is CN=C(NCCc1ccc(OC)cc1)NCc1sccc1C.I. The van der Waals surface area contributed by atoms with Crippen molar-refractivity contribution < 1.29 is 4.74 Å². The van der Waals surface area contributed by atoms with Crippen LogP contribution in [-0.4, -0.2) is 26.7 Å². The van der Waals surface area contributed by atoms with Crippen molar-refractivity contribution in [1.29, 1.82) is 0 Å². The third kappa shape index (κ3) is 6.39. The van der Waals surface area contributed by atoms with Crippen molar-refractivity contribution in [3.05, 3.63) is 51.7 Å². The molecule has 0 fully saturated rings. The van der Waals surface area contributed by atoms with Crippen LogP contribution in [0.25, 0.3) is 0 Å². The van der Waals surface area contributed by atoms with E-state index in [4.69, 9.17) is 4.74 Å². The van der Waals surface area contributed by atoms with E-state index in [1.165, 1.54) is 16.0 Å². The van der Waals surface area contributed by atoms with Crippen LogP contribution in [0.2, 0.25) is 0 Å². The molecule has 1 aromatic carbocycles. The van der Waals surface area contributed by atoms with Crippen LogP contribution in [0.5, 0.6) is 5.75 Å². The maximum absolute atomic E-state index is 5.16. The second-order valence-corrected chi connectivity index (χ2v) is 5.98. The fourth-order valence-corrected chi connectivity index (χ4v) is 2.93. The topological polar surface area (TPSA) is 45.7 Å². The Morgan fingerprint density at radius 3 is 2.48 bits per heavy atom. The molecule has 2 rings (SSSR count). The third-order valence-corrected chi connectivity index (χ3v) is 4.50. The van der Waals surface area contributed by atoms with Gasteiger partial charge in [0.15, 0.2) is 5.96 Å². The zero-order chi connectivity index (χ0) is 15.8. The Hall–Kier alpha value is -1.28. The lowest BCUT2D eigenvalue weighted by atomic mass is 10.1. The Morgan fingerprint density at radius 1 is 1.17 bits per heavy atom. The number of aliphatic imine (C=N–C) groups is 1. The van der Waals surface area contributed by atoms with Gasteiger partial charge in [-0.15, -0.1) is 35.3 Å². The van der Waals surface area contributed by atoms with Gasteiger partial charge >= 0.3 is 0 Å². The van der Waals surface area contributed by atoms with Gasteiger partial charge in [0.1, 0.15) is 5.75 Å². The number of nitrogens with one attached hydrogen (secondary N) is 2. The van der Waals surface area contributed by atoms with Gasteiger partial charge in [-0.05, 0) is 48.1 Å². The van der Waals surface area contributed by atoms with E-state index in [-0.39, 0.29) is 24.0 Å². The molecule has 0 aliphatic carbocycles. The summed E-state index contributed by atoms with van der Waals surface area (Å²) in [4.78, 5) is 5.60. The first-order chi connectivity index (χ1) is 10.7. The number of halogens is 1. The minimum atomic E-state index is 0. The van der Waals surface area contributed by atoms with Crippen LogP contribution in [0.15, 0.2) is 40.7 Å². The normalized spacial score (nSPS) is 10.8. The summed E-state index contributed by atoms with van der Waals surface area (Å²) in [5.41, 5.74) is 2.60. The number of rotatable bonds is 6. The molecule has 0 spiro atoms. The van der Waals surface area contributed by atoms with Gasteiger partial charge in [-0.3, -0.25) is 4.99 Å². The maximum atomic E-state index is 5.16. The molecule has 0 atom stereocenters. The van der Waals surface area contributed by atoms with Crippen LogP contribution >= 0.6 is 35.3 Å². The van der Waals surface area contributed by atoms with E-state index < -0.39 is 0 Å². The molecule has 0 unspecified atom stereocenters. The Balaban J connectivity index is 0.00000264. The van der Waals surface area contributed by atoms with Crippen molar-refractivity contribution in [2.75, 3.05) is 20.7 Å². The lowest BCUT2D eigenvalue weighted by Gasteiger charge is -2.12. The van der Waals surface area contributed by atoms with Crippen LogP contribution in [0, 0.1) is 6.92 Å². The zero-order valence-corrected chi connectivity index (χ0v) is 16.9. The molecule has 2 aromatic rings. The van der Waals surface area contributed by atoms with Crippen LogP contribution in [0.4, 0.5) is 0 Å². The molecule has 23 heavy (non-hydrogen) atoms. The highest BCUT2D eigenvalue weighted by molar-refractivity contribution is 14.0. The number of benzene rings is 1. The first-order valence-corrected chi connectivity index (χ1v) is 8.21. The molecule has 0 saturated heterocycles. The van der Waals surface area contributed by atoms with Gasteiger partial charge in [-0.1, -0.05) is 12.1 Å². The molecule has 0 saturated carbocycles. The van der Waals surface area contributed by atoms with Gasteiger partial charge in [0.05, 0.1) is 13.7 Å². The largest absolute Gasteiger partial charge is 0.497 e. The van der Waals surface area contributed by atoms with E-state index in [1.807, 2.05) is 12.1 Å². The monoisotopic (exact) mass is 445 g/mol. The minimum Gasteiger partial charge on any atom is -0.497 e. The summed E-state index contributed by atoms with van der Waals surface area (Å²) < 4.78 is 5.16. The van der Waals surface area contributed by atoms with E-state index in [9.17, 15) is 0 Å². The van der Waals surface area contributed by atoms with Crippen LogP contribution in [0.1, 0.15) is 16.0 Å². The van der Waals surface area contributed by atoms with Crippen LogP contribution in [0.3, 0.4) is 0 Å². The molecule has 6 heteroatoms. The highest BCUT2D eigenvalue weighted by Gasteiger charge is 2.02. The predicted octanol–water partition coefficient (Wildman–Crippen LogP) is 3.59. The molecular weight excluding hydrogens is 421 g/mol. The standard InChI is InChI=1S/C17H23N3OS.HI/c1-13-9-11-22-16(13)12-20-17(18-2)19-10-8-14-4-6-15(21-3)7-5-14;/h4-7,9,11H,8,10,12H2,1-3H3,(H2,18,19,20);1H. The molecule has 0 aliphatic rings. The highest BCUT2D eigenvalue weighted by atomic mass is 127. The average Bonchev–Trinajstić information content (AvgIpc) is 2.96. The summed E-state index contributed by atoms with van der Waals surface area (Å²) in [6, 6.07) is 10.3. The van der Waals surface area contributed by atoms with Crippen LogP contribution < -0.4 is 15.4 Å². The number of ether oxygens (including phenoxy) is 1. The van der Waals surface area contributed by atoms with Gasteiger partial charge < -0.3 is 15.4 Å². The van der Waals surface area contributed by atoms with Gasteiger partial charge in [-0.25, -0.2) is 0 Å². The van der Waals surface area contributed by atoms with Gasteiger partial charge in [0, 0.05) is 18.5 Å². The smallest absolute Gasteiger partial charge is 0.191 e. The van der Waals surface area contributed by atoms with Crippen molar-refractivity contribution >= 4 is 41.3 Å². The summed E-state index contributed by atoms with van der Waals surface area (Å²) >= 11 is 1.77. The fourth-order valence-electron chi connectivity index (χ4n) is 2.09. The summed E-state index contributed by atoms with van der Waals surface area (Å²) in [6.07, 6.45) is 0.947. The number of hydrogen-bond acceptors (Lipinski definition) is 3. The number of methoxy groups -OCH3 is 1. The van der Waals surface area contributed by atoms with Crippen molar-refractivity contribution in [3.8, 4) is 5.75 Å². The first-order valence-electron chi connectivity index (χ1n) is 7.33. The molecule has 1 heterocycles. The third-order valence-electron chi connectivity index (χ3n) is 3.47. The number of nitrogens with zero attached hydrogens (tertiary/aromatic N) is 1. The lowest BCUT2D eigenvalue weighted by molar-refractivity contribution is 0.414. The summed E-state index contributed by atoms with van der Waals surface area (Å²) in [5, 5.41) is 8.80. The molecular formula is C17H24IN3OS. The van der Waals surface area contributed by atoms with Crippen molar-refractivity contribution in [2.24, 2.45) is 4.99 Å². The Kier molecular flexibility index (Phi) is 9.01. The Bertz CT molecular complexity index is 611. The summed E-state index contributed by atoms with van der Waals surface area (Å²) in [7, 11) is 3.48. The van der Waals surface area contributed by atoms with E-state index in [1.54, 1.807) is 25.5 Å². The summed E-state index contributed by atoms with van der Waals surface area (Å²) in [6.45, 7) is 3.79. The number of thiophene rings is 1. The molecule has 1 aromatic heterocycles. The second kappa shape index (κ2) is 10.5. The molecule has 126 valence electrons. The highest BCUT2D eigenvalue weighted by Crippen LogP contribution is 2.14. The minimum absolute atomic E-state index is 0. The van der Waals surface area contributed by atoms with Crippen molar-refractivity contribution in [3.63, 3.8) is 0 Å². The number of guanidine groups is 1. The second-order valence-electron chi connectivity index (χ2n) is 4.98. The van der Waals surface area contributed by atoms with E-state index in [2.05, 4.69) is 46.1 Å². The lowest BCUT2D eigenvalue weighted by Crippen LogP contribution is -2.37. The molecule has 4 nitrogen and oxygen atoms in total. The molecule has 2 N–H and O–H groups in total. The van der Waals surface area contributed by atoms with E-state index >= 15 is 0 Å². The van der Waals surface area contributed by atoms with Gasteiger partial charge in [-0.2, -0.15) is 0 Å². The maximum Gasteiger partial charge on any atom is 0.191 e. The number of aryl methyl sites for hydroxylation is 1. The van der Waals surface area contributed by atoms with Crippen LogP contribution in [-0.2, 0) is 13.0 Å². The summed E-state index contributed by atoms with van der Waals surface area (Å²) in [5.74, 6) is 1.72. The van der Waals surface area contributed by atoms with E-state index in [0.29, 0.717) is 0 Å². The average molecular weight is 445 g/mol. The zero-order valence-electron chi connectivity index (χ0n) is 13.8. The molecule has 0 aliphatic heterocycles. The molecule has 0 bridgehead atoms. The number of hydrogen-bond donors (Lipinski definition) is 2.